The normalized spacial score (nSPS) is 14.0. The van der Waals surface area contributed by atoms with Gasteiger partial charge in [0, 0.05) is 6.42 Å². The molecule has 1 aromatic rings. The molecule has 88 valence electrons. The van der Waals surface area contributed by atoms with Crippen molar-refractivity contribution in [2.45, 2.75) is 6.42 Å². The van der Waals surface area contributed by atoms with Crippen LogP contribution in [0.25, 0.3) is 6.08 Å². The monoisotopic (exact) mass is 232 g/mol. The number of rotatable bonds is 3. The third-order valence-corrected chi connectivity index (χ3v) is 2.27. The van der Waals surface area contributed by atoms with Gasteiger partial charge in [0.25, 0.3) is 5.91 Å². The Morgan fingerprint density at radius 1 is 1.53 bits per heavy atom. The quantitative estimate of drug-likeness (QED) is 0.812. The summed E-state index contributed by atoms with van der Waals surface area (Å²) in [6.07, 6.45) is 3.67. The fourth-order valence-electron chi connectivity index (χ4n) is 1.51. The average molecular weight is 232 g/mol. The van der Waals surface area contributed by atoms with E-state index in [-0.39, 0.29) is 24.8 Å². The first kappa shape index (κ1) is 11.2. The molecule has 3 N–H and O–H groups in total. The van der Waals surface area contributed by atoms with Gasteiger partial charge in [-0.1, -0.05) is 18.2 Å². The summed E-state index contributed by atoms with van der Waals surface area (Å²) in [6, 6.07) is 5.38. The number of nitrogens with two attached hydrogens (primary N) is 1. The van der Waals surface area contributed by atoms with Gasteiger partial charge in [0.15, 0.2) is 6.61 Å². The Morgan fingerprint density at radius 2 is 2.35 bits per heavy atom. The topological polar surface area (TPSA) is 81.4 Å². The van der Waals surface area contributed by atoms with Crippen molar-refractivity contribution in [2.75, 3.05) is 11.9 Å². The van der Waals surface area contributed by atoms with Gasteiger partial charge in [-0.05, 0) is 17.7 Å². The van der Waals surface area contributed by atoms with Crippen LogP contribution in [0.3, 0.4) is 0 Å². The SMILES string of the molecule is NC(=O)CC=Cc1ccc2c(c1)OCC(=O)N2. The Kier molecular flexibility index (Phi) is 3.09. The highest BCUT2D eigenvalue weighted by Crippen LogP contribution is 2.28. The van der Waals surface area contributed by atoms with Crippen LogP contribution in [0.15, 0.2) is 24.3 Å². The highest BCUT2D eigenvalue weighted by Gasteiger charge is 2.15. The van der Waals surface area contributed by atoms with E-state index in [1.54, 1.807) is 24.3 Å². The van der Waals surface area contributed by atoms with Crippen LogP contribution >= 0.6 is 0 Å². The Balaban J connectivity index is 2.14. The van der Waals surface area contributed by atoms with Crippen molar-refractivity contribution in [3.8, 4) is 5.75 Å². The van der Waals surface area contributed by atoms with Crippen LogP contribution in [0.2, 0.25) is 0 Å². The molecule has 2 rings (SSSR count). The molecule has 0 aliphatic carbocycles. The molecule has 5 nitrogen and oxygen atoms in total. The molecule has 2 amide bonds. The lowest BCUT2D eigenvalue weighted by atomic mass is 10.1. The number of nitrogens with one attached hydrogen (secondary N) is 1. The van der Waals surface area contributed by atoms with Gasteiger partial charge in [0.2, 0.25) is 5.91 Å². The van der Waals surface area contributed by atoms with Gasteiger partial charge in [-0.25, -0.2) is 0 Å². The number of anilines is 1. The zero-order valence-corrected chi connectivity index (χ0v) is 9.10. The lowest BCUT2D eigenvalue weighted by molar-refractivity contribution is -0.119. The van der Waals surface area contributed by atoms with Gasteiger partial charge in [-0.3, -0.25) is 9.59 Å². The zero-order valence-electron chi connectivity index (χ0n) is 9.10. The van der Waals surface area contributed by atoms with Crippen LogP contribution in [0.5, 0.6) is 5.75 Å². The van der Waals surface area contributed by atoms with Crippen molar-refractivity contribution in [1.82, 2.24) is 0 Å². The van der Waals surface area contributed by atoms with Crippen molar-refractivity contribution in [1.29, 1.82) is 0 Å². The second-order valence-corrected chi connectivity index (χ2v) is 3.67. The fourth-order valence-corrected chi connectivity index (χ4v) is 1.51. The molecule has 0 fully saturated rings. The minimum absolute atomic E-state index is 0.0292. The molecule has 0 aromatic heterocycles. The number of benzene rings is 1. The maximum absolute atomic E-state index is 11.1. The summed E-state index contributed by atoms with van der Waals surface area (Å²) in [5, 5.41) is 2.70. The summed E-state index contributed by atoms with van der Waals surface area (Å²) in [5.41, 5.74) is 6.57. The molecule has 0 spiro atoms. The lowest BCUT2D eigenvalue weighted by Gasteiger charge is -2.17. The van der Waals surface area contributed by atoms with Crippen molar-refractivity contribution in [2.24, 2.45) is 5.73 Å². The Bertz CT molecular complexity index is 495. The van der Waals surface area contributed by atoms with Crippen LogP contribution in [-0.2, 0) is 9.59 Å². The van der Waals surface area contributed by atoms with Crippen LogP contribution < -0.4 is 15.8 Å². The van der Waals surface area contributed by atoms with Crippen molar-refractivity contribution in [3.63, 3.8) is 0 Å². The molecule has 5 heteroatoms. The van der Waals surface area contributed by atoms with Crippen molar-refractivity contribution in [3.05, 3.63) is 29.8 Å². The Morgan fingerprint density at radius 3 is 3.12 bits per heavy atom. The van der Waals surface area contributed by atoms with Crippen molar-refractivity contribution >= 4 is 23.6 Å². The number of amides is 2. The number of hydrogen-bond donors (Lipinski definition) is 2. The van der Waals surface area contributed by atoms with E-state index in [2.05, 4.69) is 5.32 Å². The molecular weight excluding hydrogens is 220 g/mol. The number of ether oxygens (including phenoxy) is 1. The number of hydrogen-bond acceptors (Lipinski definition) is 3. The summed E-state index contributed by atoms with van der Waals surface area (Å²) in [7, 11) is 0. The largest absolute Gasteiger partial charge is 0.482 e. The molecule has 0 bridgehead atoms. The Labute approximate surface area is 98.3 Å². The molecule has 1 aliphatic heterocycles. The Hall–Kier alpha value is -2.30. The molecule has 1 aromatic carbocycles. The van der Waals surface area contributed by atoms with Gasteiger partial charge in [-0.2, -0.15) is 0 Å². The molecule has 0 saturated heterocycles. The van der Waals surface area contributed by atoms with Gasteiger partial charge in [0.1, 0.15) is 5.75 Å². The van der Waals surface area contributed by atoms with Gasteiger partial charge in [0.05, 0.1) is 5.69 Å². The summed E-state index contributed by atoms with van der Waals surface area (Å²) in [6.45, 7) is 0.0292. The van der Waals surface area contributed by atoms with Crippen LogP contribution in [0.1, 0.15) is 12.0 Å². The summed E-state index contributed by atoms with van der Waals surface area (Å²) >= 11 is 0. The van der Waals surface area contributed by atoms with E-state index in [1.807, 2.05) is 6.07 Å². The van der Waals surface area contributed by atoms with E-state index in [0.717, 1.165) is 5.56 Å². The smallest absolute Gasteiger partial charge is 0.262 e. The van der Waals surface area contributed by atoms with Crippen LogP contribution in [0.4, 0.5) is 5.69 Å². The maximum atomic E-state index is 11.1. The minimum Gasteiger partial charge on any atom is -0.482 e. The number of carbonyl (C=O) groups is 2. The third-order valence-electron chi connectivity index (χ3n) is 2.27. The first-order chi connectivity index (χ1) is 8.15. The molecule has 0 saturated carbocycles. The molecule has 1 heterocycles. The second-order valence-electron chi connectivity index (χ2n) is 3.67. The standard InChI is InChI=1S/C12H12N2O3/c13-11(15)3-1-2-8-4-5-9-10(6-8)17-7-12(16)14-9/h1-2,4-6H,3,7H2,(H2,13,15)(H,14,16). The van der Waals surface area contributed by atoms with E-state index in [4.69, 9.17) is 10.5 Å². The van der Waals surface area contributed by atoms with Gasteiger partial charge < -0.3 is 15.8 Å². The molecular formula is C12H12N2O3. The molecule has 0 atom stereocenters. The van der Waals surface area contributed by atoms with Crippen LogP contribution in [-0.4, -0.2) is 18.4 Å². The first-order valence-electron chi connectivity index (χ1n) is 5.17. The summed E-state index contributed by atoms with van der Waals surface area (Å²) < 4.78 is 5.27. The van der Waals surface area contributed by atoms with E-state index in [1.165, 1.54) is 0 Å². The van der Waals surface area contributed by atoms with E-state index >= 15 is 0 Å². The van der Waals surface area contributed by atoms with E-state index in [9.17, 15) is 9.59 Å². The van der Waals surface area contributed by atoms with Gasteiger partial charge in [-0.15, -0.1) is 0 Å². The number of primary amides is 1. The van der Waals surface area contributed by atoms with Gasteiger partial charge >= 0.3 is 0 Å². The third kappa shape index (κ3) is 2.84. The first-order valence-corrected chi connectivity index (χ1v) is 5.17. The second kappa shape index (κ2) is 4.69. The summed E-state index contributed by atoms with van der Waals surface area (Å²) in [5.74, 6) is 0.100. The highest BCUT2D eigenvalue weighted by atomic mass is 16.5. The van der Waals surface area contributed by atoms with E-state index < -0.39 is 0 Å². The minimum atomic E-state index is -0.372. The predicted octanol–water partition coefficient (Wildman–Crippen LogP) is 0.906. The molecule has 0 unspecified atom stereocenters. The van der Waals surface area contributed by atoms with E-state index in [0.29, 0.717) is 11.4 Å². The fraction of sp³-hybridized carbons (Fsp3) is 0.167. The van der Waals surface area contributed by atoms with Crippen molar-refractivity contribution < 1.29 is 14.3 Å². The maximum Gasteiger partial charge on any atom is 0.262 e. The number of fused-ring (bicyclic) bond motifs is 1. The lowest BCUT2D eigenvalue weighted by Crippen LogP contribution is -2.25. The van der Waals surface area contributed by atoms with Crippen LogP contribution in [0, 0.1) is 0 Å². The number of carbonyl (C=O) groups excluding carboxylic acids is 2. The predicted molar refractivity (Wildman–Crippen MR) is 63.4 cm³/mol. The highest BCUT2D eigenvalue weighted by molar-refractivity contribution is 5.95. The molecule has 17 heavy (non-hydrogen) atoms. The molecule has 0 radical (unpaired) electrons. The molecule has 1 aliphatic rings. The average Bonchev–Trinajstić information content (AvgIpc) is 2.29. The zero-order chi connectivity index (χ0) is 12.3. The summed E-state index contributed by atoms with van der Waals surface area (Å²) in [4.78, 5) is 21.6.